The smallest absolute Gasteiger partial charge is 0.257 e. The van der Waals surface area contributed by atoms with Gasteiger partial charge in [0.1, 0.15) is 17.2 Å². The number of hydrogen-bond donors (Lipinski definition) is 1. The van der Waals surface area contributed by atoms with Crippen LogP contribution in [-0.2, 0) is 0 Å². The van der Waals surface area contributed by atoms with Crippen molar-refractivity contribution in [3.05, 3.63) is 33.8 Å². The largest absolute Gasteiger partial charge is 0.352 e. The van der Waals surface area contributed by atoms with E-state index >= 15 is 0 Å². The molecule has 1 aliphatic carbocycles. The Labute approximate surface area is 130 Å². The molecule has 1 amide bonds. The topological polar surface area (TPSA) is 29.1 Å². The molecular weight excluding hydrogens is 352 g/mol. The van der Waals surface area contributed by atoms with Crippen molar-refractivity contribution in [1.82, 2.24) is 5.32 Å². The van der Waals surface area contributed by atoms with E-state index < -0.39 is 23.1 Å². The number of benzene rings is 1. The summed E-state index contributed by atoms with van der Waals surface area (Å²) in [4.78, 5) is 11.9. The summed E-state index contributed by atoms with van der Waals surface area (Å²) in [5.74, 6) is -2.18. The van der Waals surface area contributed by atoms with Gasteiger partial charge in [-0.2, -0.15) is 0 Å². The van der Waals surface area contributed by atoms with Crippen LogP contribution in [0.25, 0.3) is 0 Å². The quantitative estimate of drug-likeness (QED) is 0.796. The van der Waals surface area contributed by atoms with Crippen molar-refractivity contribution in [3.63, 3.8) is 0 Å². The molecule has 0 aromatic heterocycles. The van der Waals surface area contributed by atoms with Crippen molar-refractivity contribution >= 4 is 33.4 Å². The zero-order valence-corrected chi connectivity index (χ0v) is 13.1. The van der Waals surface area contributed by atoms with Crippen molar-refractivity contribution in [1.29, 1.82) is 0 Å². The zero-order chi connectivity index (χ0) is 14.7. The van der Waals surface area contributed by atoms with Crippen LogP contribution < -0.4 is 5.32 Å². The molecule has 110 valence electrons. The number of nitrogens with one attached hydrogen (secondary N) is 1. The highest BCUT2D eigenvalue weighted by atomic mass is 79.9. The predicted octanol–water partition coefficient (Wildman–Crippen LogP) is 4.25. The first-order chi connectivity index (χ1) is 9.47. The van der Waals surface area contributed by atoms with Gasteiger partial charge in [-0.25, -0.2) is 8.78 Å². The summed E-state index contributed by atoms with van der Waals surface area (Å²) in [5.41, 5.74) is -0.536. The fourth-order valence-corrected chi connectivity index (χ4v) is 3.30. The van der Waals surface area contributed by atoms with Crippen LogP contribution in [0.15, 0.2) is 16.6 Å². The average Bonchev–Trinajstić information content (AvgIpc) is 2.35. The fourth-order valence-electron chi connectivity index (χ4n) is 2.50. The summed E-state index contributed by atoms with van der Waals surface area (Å²) < 4.78 is 27.5. The highest BCUT2D eigenvalue weighted by molar-refractivity contribution is 9.10. The second-order valence-electron chi connectivity index (χ2n) is 5.08. The first-order valence-electron chi connectivity index (χ1n) is 6.54. The standard InChI is InChI=1S/C14H15BrClF2NO/c15-9-5-11(17)13(12(18)6-9)14(20)19-7-8-2-1-3-10(16)4-8/h5-6,8,10H,1-4,7H2,(H,19,20). The van der Waals surface area contributed by atoms with Crippen molar-refractivity contribution in [2.75, 3.05) is 6.54 Å². The molecule has 6 heteroatoms. The molecule has 1 fully saturated rings. The van der Waals surface area contributed by atoms with Crippen LogP contribution in [0.2, 0.25) is 0 Å². The number of hydrogen-bond acceptors (Lipinski definition) is 1. The molecule has 2 rings (SSSR count). The monoisotopic (exact) mass is 365 g/mol. The number of halogens is 4. The van der Waals surface area contributed by atoms with E-state index in [-0.39, 0.29) is 15.8 Å². The number of amides is 1. The Morgan fingerprint density at radius 2 is 2.00 bits per heavy atom. The average molecular weight is 367 g/mol. The Morgan fingerprint density at radius 1 is 1.35 bits per heavy atom. The lowest BCUT2D eigenvalue weighted by molar-refractivity contribution is 0.0935. The third-order valence-corrected chi connectivity index (χ3v) is 4.36. The lowest BCUT2D eigenvalue weighted by Gasteiger charge is -2.25. The molecule has 0 bridgehead atoms. The normalized spacial score (nSPS) is 22.6. The Morgan fingerprint density at radius 3 is 2.60 bits per heavy atom. The van der Waals surface area contributed by atoms with E-state index in [1.807, 2.05) is 0 Å². The van der Waals surface area contributed by atoms with Gasteiger partial charge in [0.25, 0.3) is 5.91 Å². The molecule has 0 spiro atoms. The molecule has 1 aromatic carbocycles. The summed E-state index contributed by atoms with van der Waals surface area (Å²) in [6, 6.07) is 2.15. The van der Waals surface area contributed by atoms with Gasteiger partial charge in [-0.05, 0) is 37.3 Å². The molecular formula is C14H15BrClF2NO. The summed E-state index contributed by atoms with van der Waals surface area (Å²) in [6.45, 7) is 0.400. The minimum absolute atomic E-state index is 0.131. The van der Waals surface area contributed by atoms with Crippen LogP contribution in [0.5, 0.6) is 0 Å². The van der Waals surface area contributed by atoms with Crippen molar-refractivity contribution in [2.45, 2.75) is 31.1 Å². The van der Waals surface area contributed by atoms with E-state index in [1.165, 1.54) is 0 Å². The van der Waals surface area contributed by atoms with Gasteiger partial charge in [0.2, 0.25) is 0 Å². The van der Waals surface area contributed by atoms with E-state index in [1.54, 1.807) is 0 Å². The van der Waals surface area contributed by atoms with E-state index in [2.05, 4.69) is 21.2 Å². The summed E-state index contributed by atoms with van der Waals surface area (Å²) in [6.07, 6.45) is 3.82. The number of rotatable bonds is 3. The Bertz CT molecular complexity index is 489. The maximum atomic E-state index is 13.6. The predicted molar refractivity (Wildman–Crippen MR) is 78.0 cm³/mol. The number of carbonyl (C=O) groups excluding carboxylic acids is 1. The van der Waals surface area contributed by atoms with Gasteiger partial charge in [-0.3, -0.25) is 4.79 Å². The molecule has 2 nitrogen and oxygen atoms in total. The van der Waals surface area contributed by atoms with E-state index in [4.69, 9.17) is 11.6 Å². The zero-order valence-electron chi connectivity index (χ0n) is 10.8. The lowest BCUT2D eigenvalue weighted by Crippen LogP contribution is -2.33. The third kappa shape index (κ3) is 3.92. The second-order valence-corrected chi connectivity index (χ2v) is 6.62. The second kappa shape index (κ2) is 6.85. The molecule has 0 radical (unpaired) electrons. The molecule has 1 N–H and O–H groups in total. The molecule has 0 saturated heterocycles. The summed E-state index contributed by atoms with van der Waals surface area (Å²) >= 11 is 9.05. The molecule has 1 aromatic rings. The van der Waals surface area contributed by atoms with Gasteiger partial charge in [-0.1, -0.05) is 22.4 Å². The maximum Gasteiger partial charge on any atom is 0.257 e. The van der Waals surface area contributed by atoms with Crippen LogP contribution >= 0.6 is 27.5 Å². The van der Waals surface area contributed by atoms with Crippen LogP contribution in [0.4, 0.5) is 8.78 Å². The van der Waals surface area contributed by atoms with Gasteiger partial charge >= 0.3 is 0 Å². The minimum atomic E-state index is -0.867. The highest BCUT2D eigenvalue weighted by Crippen LogP contribution is 2.27. The Balaban J connectivity index is 1.98. The van der Waals surface area contributed by atoms with E-state index in [9.17, 15) is 13.6 Å². The summed E-state index contributed by atoms with van der Waals surface area (Å²) in [7, 11) is 0. The van der Waals surface area contributed by atoms with Crippen LogP contribution in [0.1, 0.15) is 36.0 Å². The van der Waals surface area contributed by atoms with Gasteiger partial charge < -0.3 is 5.32 Å². The first-order valence-corrected chi connectivity index (χ1v) is 7.77. The van der Waals surface area contributed by atoms with Crippen molar-refractivity contribution in [3.8, 4) is 0 Å². The van der Waals surface area contributed by atoms with Gasteiger partial charge in [0, 0.05) is 16.4 Å². The molecule has 0 heterocycles. The fraction of sp³-hybridized carbons (Fsp3) is 0.500. The van der Waals surface area contributed by atoms with Gasteiger partial charge in [0.15, 0.2) is 0 Å². The lowest BCUT2D eigenvalue weighted by atomic mass is 9.89. The molecule has 1 aliphatic rings. The highest BCUT2D eigenvalue weighted by Gasteiger charge is 2.23. The van der Waals surface area contributed by atoms with E-state index in [0.29, 0.717) is 6.54 Å². The van der Waals surface area contributed by atoms with Gasteiger partial charge in [0.05, 0.1) is 0 Å². The minimum Gasteiger partial charge on any atom is -0.352 e. The van der Waals surface area contributed by atoms with Crippen LogP contribution in [0, 0.1) is 17.6 Å². The molecule has 0 aliphatic heterocycles. The maximum absolute atomic E-state index is 13.6. The SMILES string of the molecule is O=C(NCC1CCCC(Cl)C1)c1c(F)cc(Br)cc1F. The Hall–Kier alpha value is -0.680. The summed E-state index contributed by atoms with van der Waals surface area (Å²) in [5, 5.41) is 2.73. The van der Waals surface area contributed by atoms with Crippen LogP contribution in [-0.4, -0.2) is 17.8 Å². The molecule has 20 heavy (non-hydrogen) atoms. The third-order valence-electron chi connectivity index (χ3n) is 3.50. The molecule has 2 unspecified atom stereocenters. The molecule has 2 atom stereocenters. The number of alkyl halides is 1. The first kappa shape index (κ1) is 15.7. The van der Waals surface area contributed by atoms with Crippen molar-refractivity contribution < 1.29 is 13.6 Å². The Kier molecular flexibility index (Phi) is 5.38. The van der Waals surface area contributed by atoms with Crippen molar-refractivity contribution in [2.24, 2.45) is 5.92 Å². The number of carbonyl (C=O) groups is 1. The van der Waals surface area contributed by atoms with E-state index in [0.717, 1.165) is 37.8 Å². The molecule has 1 saturated carbocycles. The van der Waals surface area contributed by atoms with Gasteiger partial charge in [-0.15, -0.1) is 11.6 Å². The van der Waals surface area contributed by atoms with Crippen LogP contribution in [0.3, 0.4) is 0 Å².